The largest absolute Gasteiger partial charge is 0.430 e. The topological polar surface area (TPSA) is 87.6 Å². The minimum absolute atomic E-state index is 0.108. The van der Waals surface area contributed by atoms with E-state index in [1.165, 1.54) is 0 Å². The zero-order chi connectivity index (χ0) is 31.4. The Labute approximate surface area is 260 Å². The van der Waals surface area contributed by atoms with E-state index in [9.17, 15) is 13.2 Å². The lowest BCUT2D eigenvalue weighted by Crippen LogP contribution is -2.22. The molecule has 2 saturated heterocycles. The van der Waals surface area contributed by atoms with Crippen molar-refractivity contribution in [3.8, 4) is 33.8 Å². The van der Waals surface area contributed by atoms with Crippen LogP contribution in [0.5, 0.6) is 0 Å². The van der Waals surface area contributed by atoms with Crippen molar-refractivity contribution < 1.29 is 22.6 Å². The van der Waals surface area contributed by atoms with Gasteiger partial charge in [-0.3, -0.25) is 4.99 Å². The summed E-state index contributed by atoms with van der Waals surface area (Å²) in [6.45, 7) is 3.21. The van der Waals surface area contributed by atoms with E-state index in [1.807, 2.05) is 78.3 Å². The van der Waals surface area contributed by atoms with Gasteiger partial charge in [-0.15, -0.1) is 0 Å². The average molecular weight is 616 g/mol. The quantitative estimate of drug-likeness (QED) is 0.213. The molecule has 2 aliphatic heterocycles. The third-order valence-electron chi connectivity index (χ3n) is 8.01. The van der Waals surface area contributed by atoms with Crippen molar-refractivity contribution in [3.63, 3.8) is 0 Å². The van der Waals surface area contributed by atoms with E-state index in [0.29, 0.717) is 18.6 Å². The molecule has 2 aromatic carbocycles. The Balaban J connectivity index is 1.32. The summed E-state index contributed by atoms with van der Waals surface area (Å²) in [7, 11) is 0. The number of aryl methyl sites for hydroxylation is 1. The molecular weight excluding hydrogens is 579 g/mol. The van der Waals surface area contributed by atoms with Gasteiger partial charge in [0, 0.05) is 24.3 Å². The lowest BCUT2D eigenvalue weighted by atomic mass is 9.98. The number of halogens is 3. The molecule has 0 saturated carbocycles. The number of benzene rings is 2. The van der Waals surface area contributed by atoms with Crippen molar-refractivity contribution in [2.75, 3.05) is 13.2 Å². The van der Waals surface area contributed by atoms with Gasteiger partial charge in [0.1, 0.15) is 11.9 Å². The molecule has 2 aromatic heterocycles. The number of ether oxygens (including phenoxy) is 2. The number of aliphatic imine (C=N–C) groups is 1. The standard InChI is InChI=1S/C35H36F3N5O2/c1-23-19-31(43(42-23)34-16-3-5-18-45-34)29-14-8-13-28(40-29)26-11-6-9-24(20-26)25-10-7-12-27(21-25)30(22-32(39)35(36,37)38)41-33-15-2-4-17-44-33/h6-14,19-22,33-34H,2-5,15-18,39H2,1H3. The summed E-state index contributed by atoms with van der Waals surface area (Å²) in [4.78, 5) is 9.56. The smallest absolute Gasteiger partial charge is 0.395 e. The maximum Gasteiger partial charge on any atom is 0.430 e. The molecule has 0 aliphatic carbocycles. The molecule has 2 atom stereocenters. The van der Waals surface area contributed by atoms with Crippen LogP contribution in [0.2, 0.25) is 0 Å². The Morgan fingerprint density at radius 3 is 2.29 bits per heavy atom. The van der Waals surface area contributed by atoms with E-state index in [1.54, 1.807) is 6.07 Å². The first-order valence-corrected chi connectivity index (χ1v) is 15.3. The van der Waals surface area contributed by atoms with E-state index in [2.05, 4.69) is 4.99 Å². The minimum atomic E-state index is -4.67. The number of rotatable bonds is 7. The Morgan fingerprint density at radius 1 is 0.867 bits per heavy atom. The molecule has 10 heteroatoms. The summed E-state index contributed by atoms with van der Waals surface area (Å²) in [5.74, 6) is 0. The number of nitrogens with zero attached hydrogens (tertiary/aromatic N) is 4. The van der Waals surface area contributed by atoms with Gasteiger partial charge in [-0.2, -0.15) is 18.3 Å². The van der Waals surface area contributed by atoms with Crippen LogP contribution in [-0.4, -0.2) is 46.1 Å². The Kier molecular flexibility index (Phi) is 9.14. The third kappa shape index (κ3) is 7.34. The van der Waals surface area contributed by atoms with E-state index in [0.717, 1.165) is 84.3 Å². The van der Waals surface area contributed by atoms with Crippen LogP contribution in [0.3, 0.4) is 0 Å². The van der Waals surface area contributed by atoms with E-state index < -0.39 is 18.1 Å². The normalized spacial score (nSPS) is 19.9. The van der Waals surface area contributed by atoms with Crippen LogP contribution in [0.1, 0.15) is 56.0 Å². The summed E-state index contributed by atoms with van der Waals surface area (Å²) in [6, 6.07) is 23.2. The number of aromatic nitrogens is 3. The predicted molar refractivity (Wildman–Crippen MR) is 168 cm³/mol. The van der Waals surface area contributed by atoms with Crippen molar-refractivity contribution in [2.24, 2.45) is 10.7 Å². The van der Waals surface area contributed by atoms with Gasteiger partial charge in [-0.05, 0) is 93.0 Å². The van der Waals surface area contributed by atoms with Crippen molar-refractivity contribution in [1.29, 1.82) is 0 Å². The Morgan fingerprint density at radius 2 is 1.56 bits per heavy atom. The summed E-state index contributed by atoms with van der Waals surface area (Å²) in [5, 5.41) is 4.72. The molecule has 2 unspecified atom stereocenters. The highest BCUT2D eigenvalue weighted by Gasteiger charge is 2.32. The molecule has 234 valence electrons. The molecule has 6 rings (SSSR count). The van der Waals surface area contributed by atoms with Crippen LogP contribution in [0.25, 0.3) is 33.8 Å². The highest BCUT2D eigenvalue weighted by atomic mass is 19.4. The zero-order valence-corrected chi connectivity index (χ0v) is 25.1. The number of pyridine rings is 1. The first kappa shape index (κ1) is 30.7. The van der Waals surface area contributed by atoms with Gasteiger partial charge in [-0.25, -0.2) is 9.67 Å². The van der Waals surface area contributed by atoms with Crippen LogP contribution in [0.4, 0.5) is 13.2 Å². The molecule has 0 radical (unpaired) electrons. The average Bonchev–Trinajstić information content (AvgIpc) is 3.46. The second kappa shape index (κ2) is 13.4. The van der Waals surface area contributed by atoms with E-state index in [-0.39, 0.29) is 11.9 Å². The number of hydrogen-bond donors (Lipinski definition) is 1. The molecule has 2 N–H and O–H groups in total. The number of nitrogens with two attached hydrogens (primary N) is 1. The Hall–Kier alpha value is -4.28. The fraction of sp³-hybridized carbons (Fsp3) is 0.343. The monoisotopic (exact) mass is 615 g/mol. The fourth-order valence-corrected chi connectivity index (χ4v) is 5.70. The second-order valence-corrected chi connectivity index (χ2v) is 11.4. The zero-order valence-electron chi connectivity index (χ0n) is 25.1. The second-order valence-electron chi connectivity index (χ2n) is 11.4. The summed E-state index contributed by atoms with van der Waals surface area (Å²) in [6.07, 6.45) is 1.12. The van der Waals surface area contributed by atoms with E-state index in [4.69, 9.17) is 25.3 Å². The van der Waals surface area contributed by atoms with Gasteiger partial charge in [-0.1, -0.05) is 42.5 Å². The lowest BCUT2D eigenvalue weighted by molar-refractivity contribution is -0.0925. The van der Waals surface area contributed by atoms with Gasteiger partial charge < -0.3 is 15.2 Å². The van der Waals surface area contributed by atoms with Gasteiger partial charge in [0.05, 0.1) is 28.5 Å². The summed E-state index contributed by atoms with van der Waals surface area (Å²) < 4.78 is 53.9. The van der Waals surface area contributed by atoms with Crippen LogP contribution in [0, 0.1) is 6.92 Å². The molecule has 45 heavy (non-hydrogen) atoms. The van der Waals surface area contributed by atoms with Crippen LogP contribution >= 0.6 is 0 Å². The van der Waals surface area contributed by atoms with Crippen LogP contribution in [-0.2, 0) is 9.47 Å². The summed E-state index contributed by atoms with van der Waals surface area (Å²) in [5.41, 5.74) is 10.9. The first-order chi connectivity index (χ1) is 21.7. The summed E-state index contributed by atoms with van der Waals surface area (Å²) >= 11 is 0. The molecule has 4 aromatic rings. The van der Waals surface area contributed by atoms with Crippen molar-refractivity contribution in [2.45, 2.75) is 64.1 Å². The maximum absolute atomic E-state index is 13.4. The van der Waals surface area contributed by atoms with Gasteiger partial charge in [0.25, 0.3) is 0 Å². The van der Waals surface area contributed by atoms with Gasteiger partial charge in [0.15, 0.2) is 6.23 Å². The van der Waals surface area contributed by atoms with Crippen molar-refractivity contribution in [3.05, 3.63) is 95.8 Å². The molecule has 0 bridgehead atoms. The van der Waals surface area contributed by atoms with Crippen molar-refractivity contribution in [1.82, 2.24) is 14.8 Å². The fourth-order valence-electron chi connectivity index (χ4n) is 5.70. The molecular formula is C35H36F3N5O2. The first-order valence-electron chi connectivity index (χ1n) is 15.3. The molecule has 2 fully saturated rings. The molecule has 4 heterocycles. The molecule has 7 nitrogen and oxygen atoms in total. The highest BCUT2D eigenvalue weighted by molar-refractivity contribution is 6.09. The van der Waals surface area contributed by atoms with Gasteiger partial charge in [0.2, 0.25) is 0 Å². The molecule has 2 aliphatic rings. The van der Waals surface area contributed by atoms with Crippen molar-refractivity contribution >= 4 is 5.71 Å². The minimum Gasteiger partial charge on any atom is -0.395 e. The molecule has 0 amide bonds. The van der Waals surface area contributed by atoms with Crippen LogP contribution in [0.15, 0.2) is 89.6 Å². The lowest BCUT2D eigenvalue weighted by Gasteiger charge is -2.24. The predicted octanol–water partition coefficient (Wildman–Crippen LogP) is 8.01. The van der Waals surface area contributed by atoms with E-state index >= 15 is 0 Å². The molecule has 0 spiro atoms. The maximum atomic E-state index is 13.4. The number of hydrogen-bond acceptors (Lipinski definition) is 6. The van der Waals surface area contributed by atoms with Gasteiger partial charge >= 0.3 is 6.18 Å². The number of allylic oxidation sites excluding steroid dienone is 2. The Bertz CT molecular complexity index is 1700. The number of alkyl halides is 3. The highest BCUT2D eigenvalue weighted by Crippen LogP contribution is 2.32. The third-order valence-corrected chi connectivity index (χ3v) is 8.01. The van der Waals surface area contributed by atoms with Crippen LogP contribution < -0.4 is 5.73 Å². The SMILES string of the molecule is Cc1cc(-c2cccc(-c3cccc(-c4cccc(C(C=C(N)C(F)(F)F)=NC5CCCCO5)c4)c3)n2)n(C2CCCCO2)n1.